The van der Waals surface area contributed by atoms with Gasteiger partial charge in [0.15, 0.2) is 0 Å². The summed E-state index contributed by atoms with van der Waals surface area (Å²) in [5.41, 5.74) is 0.499. The van der Waals surface area contributed by atoms with Gasteiger partial charge in [0.25, 0.3) is 10.0 Å². The van der Waals surface area contributed by atoms with Gasteiger partial charge in [-0.3, -0.25) is 4.72 Å². The van der Waals surface area contributed by atoms with Gasteiger partial charge in [0, 0.05) is 14.6 Å². The van der Waals surface area contributed by atoms with Crippen LogP contribution in [0, 0.1) is 0 Å². The van der Waals surface area contributed by atoms with E-state index in [-0.39, 0.29) is 4.90 Å². The summed E-state index contributed by atoms with van der Waals surface area (Å²) in [6, 6.07) is 20.6. The van der Waals surface area contributed by atoms with Crippen molar-refractivity contribution >= 4 is 47.6 Å². The highest BCUT2D eigenvalue weighted by molar-refractivity contribution is 9.10. The smallest absolute Gasteiger partial charge is 0.261 e. The summed E-state index contributed by atoms with van der Waals surface area (Å²) in [6.07, 6.45) is 0. The molecule has 0 unspecified atom stereocenters. The third-order valence-corrected chi connectivity index (χ3v) is 5.73. The Kier molecular flexibility index (Phi) is 5.46. The molecular weight excluding hydrogens is 470 g/mol. The van der Waals surface area contributed by atoms with Crippen molar-refractivity contribution in [1.29, 1.82) is 0 Å². The lowest BCUT2D eigenvalue weighted by atomic mass is 10.3. The van der Waals surface area contributed by atoms with Crippen molar-refractivity contribution in [2.75, 3.05) is 4.72 Å². The quantitative estimate of drug-likeness (QED) is 0.499. The van der Waals surface area contributed by atoms with Crippen LogP contribution in [-0.2, 0) is 10.0 Å². The minimum Gasteiger partial charge on any atom is -0.457 e. The summed E-state index contributed by atoms with van der Waals surface area (Å²) in [7, 11) is -3.65. The van der Waals surface area contributed by atoms with E-state index in [9.17, 15) is 8.42 Å². The van der Waals surface area contributed by atoms with Crippen LogP contribution in [0.3, 0.4) is 0 Å². The normalized spacial score (nSPS) is 11.1. The Morgan fingerprint density at radius 1 is 0.680 bits per heavy atom. The van der Waals surface area contributed by atoms with Crippen LogP contribution in [0.25, 0.3) is 0 Å². The molecule has 3 rings (SSSR count). The minimum atomic E-state index is -3.65. The standard InChI is InChI=1S/C18H13Br2NO3S/c19-13-1-5-15(6-2-13)21-25(22,23)18-11-9-17(10-12-18)24-16-7-3-14(20)4-8-16/h1-12,21H. The number of rotatable bonds is 5. The van der Waals surface area contributed by atoms with Gasteiger partial charge in [-0.15, -0.1) is 0 Å². The first-order valence-electron chi connectivity index (χ1n) is 7.24. The largest absolute Gasteiger partial charge is 0.457 e. The van der Waals surface area contributed by atoms with Crippen molar-refractivity contribution in [2.45, 2.75) is 4.90 Å². The average molecular weight is 483 g/mol. The molecule has 0 aliphatic heterocycles. The third kappa shape index (κ3) is 4.84. The van der Waals surface area contributed by atoms with E-state index in [4.69, 9.17) is 4.74 Å². The van der Waals surface area contributed by atoms with Crippen molar-refractivity contribution < 1.29 is 13.2 Å². The van der Waals surface area contributed by atoms with Crippen LogP contribution in [0.2, 0.25) is 0 Å². The molecule has 128 valence electrons. The van der Waals surface area contributed by atoms with Gasteiger partial charge in [0.2, 0.25) is 0 Å². The Morgan fingerprint density at radius 3 is 1.64 bits per heavy atom. The zero-order valence-corrected chi connectivity index (χ0v) is 16.8. The predicted octanol–water partition coefficient (Wildman–Crippen LogP) is 5.80. The Bertz CT molecular complexity index is 955. The molecule has 0 aliphatic carbocycles. The molecule has 0 heterocycles. The lowest BCUT2D eigenvalue weighted by Gasteiger charge is -2.10. The first-order valence-corrected chi connectivity index (χ1v) is 10.3. The molecule has 0 fully saturated rings. The second kappa shape index (κ2) is 7.59. The number of nitrogens with one attached hydrogen (secondary N) is 1. The van der Waals surface area contributed by atoms with Crippen molar-refractivity contribution in [3.63, 3.8) is 0 Å². The molecule has 0 aromatic heterocycles. The van der Waals surface area contributed by atoms with Crippen molar-refractivity contribution in [1.82, 2.24) is 0 Å². The first-order chi connectivity index (χ1) is 11.9. The summed E-state index contributed by atoms with van der Waals surface area (Å²) in [6.45, 7) is 0. The Labute approximate surface area is 163 Å². The van der Waals surface area contributed by atoms with E-state index in [1.165, 1.54) is 12.1 Å². The van der Waals surface area contributed by atoms with Gasteiger partial charge in [0.05, 0.1) is 4.90 Å². The van der Waals surface area contributed by atoms with Crippen LogP contribution in [0.4, 0.5) is 5.69 Å². The Morgan fingerprint density at radius 2 is 1.12 bits per heavy atom. The molecule has 0 radical (unpaired) electrons. The van der Waals surface area contributed by atoms with Gasteiger partial charge < -0.3 is 4.74 Å². The lowest BCUT2D eigenvalue weighted by Crippen LogP contribution is -2.12. The molecule has 25 heavy (non-hydrogen) atoms. The van der Waals surface area contributed by atoms with Gasteiger partial charge in [-0.2, -0.15) is 0 Å². The highest BCUT2D eigenvalue weighted by Gasteiger charge is 2.14. The second-order valence-electron chi connectivity index (χ2n) is 5.14. The van der Waals surface area contributed by atoms with E-state index < -0.39 is 10.0 Å². The van der Waals surface area contributed by atoms with Crippen molar-refractivity contribution in [2.24, 2.45) is 0 Å². The molecule has 0 aliphatic rings. The second-order valence-corrected chi connectivity index (χ2v) is 8.65. The summed E-state index contributed by atoms with van der Waals surface area (Å²) in [4.78, 5) is 0.165. The van der Waals surface area contributed by atoms with Crippen LogP contribution in [0.5, 0.6) is 11.5 Å². The maximum Gasteiger partial charge on any atom is 0.261 e. The van der Waals surface area contributed by atoms with Crippen LogP contribution in [-0.4, -0.2) is 8.42 Å². The van der Waals surface area contributed by atoms with E-state index in [0.29, 0.717) is 17.2 Å². The number of sulfonamides is 1. The molecule has 7 heteroatoms. The number of hydrogen-bond acceptors (Lipinski definition) is 3. The molecule has 0 atom stereocenters. The van der Waals surface area contributed by atoms with Crippen molar-refractivity contribution in [3.8, 4) is 11.5 Å². The minimum absolute atomic E-state index is 0.165. The number of anilines is 1. The Balaban J connectivity index is 1.74. The monoisotopic (exact) mass is 481 g/mol. The molecule has 1 N–H and O–H groups in total. The lowest BCUT2D eigenvalue weighted by molar-refractivity contribution is 0.482. The molecule has 0 saturated carbocycles. The topological polar surface area (TPSA) is 55.4 Å². The average Bonchev–Trinajstić information content (AvgIpc) is 2.59. The molecule has 0 bridgehead atoms. The maximum atomic E-state index is 12.4. The zero-order valence-electron chi connectivity index (χ0n) is 12.8. The van der Waals surface area contributed by atoms with E-state index in [2.05, 4.69) is 36.6 Å². The number of benzene rings is 3. The van der Waals surface area contributed by atoms with E-state index >= 15 is 0 Å². The van der Waals surface area contributed by atoms with Gasteiger partial charge in [0.1, 0.15) is 11.5 Å². The SMILES string of the molecule is O=S(=O)(Nc1ccc(Br)cc1)c1ccc(Oc2ccc(Br)cc2)cc1. The summed E-state index contributed by atoms with van der Waals surface area (Å²) >= 11 is 6.68. The fourth-order valence-corrected chi connectivity index (χ4v) is 3.64. The number of hydrogen-bond donors (Lipinski definition) is 1. The van der Waals surface area contributed by atoms with Crippen LogP contribution < -0.4 is 9.46 Å². The molecule has 0 saturated heterocycles. The van der Waals surface area contributed by atoms with Gasteiger partial charge in [-0.1, -0.05) is 31.9 Å². The van der Waals surface area contributed by atoms with E-state index in [1.807, 2.05) is 24.3 Å². The Hall–Kier alpha value is -1.83. The maximum absolute atomic E-state index is 12.4. The summed E-state index contributed by atoms with van der Waals surface area (Å²) in [5, 5.41) is 0. The van der Waals surface area contributed by atoms with E-state index in [1.54, 1.807) is 36.4 Å². The van der Waals surface area contributed by atoms with Gasteiger partial charge >= 0.3 is 0 Å². The van der Waals surface area contributed by atoms with E-state index in [0.717, 1.165) is 8.95 Å². The molecule has 0 spiro atoms. The molecule has 0 amide bonds. The van der Waals surface area contributed by atoms with Crippen LogP contribution in [0.15, 0.2) is 86.6 Å². The van der Waals surface area contributed by atoms with Gasteiger partial charge in [-0.05, 0) is 72.8 Å². The fraction of sp³-hybridized carbons (Fsp3) is 0. The predicted molar refractivity (Wildman–Crippen MR) is 106 cm³/mol. The van der Waals surface area contributed by atoms with Crippen LogP contribution >= 0.6 is 31.9 Å². The molecule has 3 aromatic rings. The summed E-state index contributed by atoms with van der Waals surface area (Å²) in [5.74, 6) is 1.23. The number of halogens is 2. The molecule has 4 nitrogen and oxygen atoms in total. The molecule has 3 aromatic carbocycles. The third-order valence-electron chi connectivity index (χ3n) is 3.28. The highest BCUT2D eigenvalue weighted by Crippen LogP contribution is 2.25. The van der Waals surface area contributed by atoms with Gasteiger partial charge in [-0.25, -0.2) is 8.42 Å². The number of ether oxygens (including phenoxy) is 1. The summed E-state index contributed by atoms with van der Waals surface area (Å²) < 4.78 is 34.9. The fourth-order valence-electron chi connectivity index (χ4n) is 2.06. The zero-order chi connectivity index (χ0) is 17.9. The first kappa shape index (κ1) is 18.0. The highest BCUT2D eigenvalue weighted by atomic mass is 79.9. The van der Waals surface area contributed by atoms with Crippen LogP contribution in [0.1, 0.15) is 0 Å². The molecular formula is C18H13Br2NO3S. The van der Waals surface area contributed by atoms with Crippen molar-refractivity contribution in [3.05, 3.63) is 81.7 Å².